The third-order valence-electron chi connectivity index (χ3n) is 4.08. The number of aromatic amines is 1. The van der Waals surface area contributed by atoms with Gasteiger partial charge in [0.25, 0.3) is 11.1 Å². The number of carbonyl (C=O) groups excluding carboxylic acids is 1. The largest absolute Gasteiger partial charge is 0.351 e. The van der Waals surface area contributed by atoms with Gasteiger partial charge in [0.15, 0.2) is 5.78 Å². The molecule has 6 heteroatoms. The molecule has 2 rings (SSSR count). The number of nitrogens with one attached hydrogen (secondary N) is 1. The van der Waals surface area contributed by atoms with Crippen molar-refractivity contribution in [3.8, 4) is 0 Å². The number of hydrogen-bond donors (Lipinski definition) is 1. The molecule has 21 heavy (non-hydrogen) atoms. The lowest BCUT2D eigenvalue weighted by atomic mass is 10.1. The maximum Gasteiger partial charge on any atom is 0.268 e. The van der Waals surface area contributed by atoms with Crippen molar-refractivity contribution in [2.45, 2.75) is 34.2 Å². The van der Waals surface area contributed by atoms with Gasteiger partial charge in [-0.3, -0.25) is 19.5 Å². The molecule has 0 radical (unpaired) electrons. The molecule has 0 aliphatic rings. The maximum atomic E-state index is 12.4. The summed E-state index contributed by atoms with van der Waals surface area (Å²) in [5, 5.41) is 2.45. The predicted molar refractivity (Wildman–Crippen MR) is 80.0 cm³/mol. The summed E-state index contributed by atoms with van der Waals surface area (Å²) < 4.78 is 2.99. The molecule has 2 aromatic heterocycles. The van der Waals surface area contributed by atoms with Crippen molar-refractivity contribution in [3.63, 3.8) is 0 Å². The third kappa shape index (κ3) is 2.49. The van der Waals surface area contributed by atoms with Crippen molar-refractivity contribution in [1.29, 1.82) is 0 Å². The molecule has 2 aromatic rings. The molecule has 112 valence electrons. The Bertz CT molecular complexity index is 837. The normalized spacial score (nSPS) is 10.9. The van der Waals surface area contributed by atoms with Gasteiger partial charge >= 0.3 is 0 Å². The third-order valence-corrected chi connectivity index (χ3v) is 4.08. The van der Waals surface area contributed by atoms with Crippen LogP contribution in [0.5, 0.6) is 0 Å². The van der Waals surface area contributed by atoms with Gasteiger partial charge in [-0.1, -0.05) is 0 Å². The van der Waals surface area contributed by atoms with Gasteiger partial charge in [-0.05, 0) is 33.8 Å². The van der Waals surface area contributed by atoms with E-state index in [2.05, 4.69) is 5.10 Å². The summed E-state index contributed by atoms with van der Waals surface area (Å²) in [4.78, 5) is 36.2. The number of hydrogen-bond acceptors (Lipinski definition) is 3. The van der Waals surface area contributed by atoms with Crippen LogP contribution in [-0.2, 0) is 13.6 Å². The zero-order chi connectivity index (χ0) is 15.9. The highest BCUT2D eigenvalue weighted by Gasteiger charge is 2.16. The Hall–Kier alpha value is -2.37. The Balaban J connectivity index is 2.43. The molecule has 0 bridgehead atoms. The van der Waals surface area contributed by atoms with E-state index in [4.69, 9.17) is 0 Å². The van der Waals surface area contributed by atoms with Crippen LogP contribution in [0.25, 0.3) is 0 Å². The number of nitrogens with zero attached hydrogens (tertiary/aromatic N) is 2. The summed E-state index contributed by atoms with van der Waals surface area (Å²) >= 11 is 0. The van der Waals surface area contributed by atoms with Crippen LogP contribution in [0.1, 0.15) is 32.9 Å². The van der Waals surface area contributed by atoms with Gasteiger partial charge in [-0.25, -0.2) is 4.68 Å². The van der Waals surface area contributed by atoms with Gasteiger partial charge in [0.1, 0.15) is 6.54 Å². The minimum atomic E-state index is -0.346. The van der Waals surface area contributed by atoms with Crippen LogP contribution < -0.4 is 11.1 Å². The van der Waals surface area contributed by atoms with Crippen molar-refractivity contribution in [1.82, 2.24) is 14.3 Å². The number of H-pyrrole nitrogens is 1. The minimum absolute atomic E-state index is 0.167. The summed E-state index contributed by atoms with van der Waals surface area (Å²) in [6.45, 7) is 6.78. The second kappa shape index (κ2) is 5.20. The van der Waals surface area contributed by atoms with Crippen LogP contribution >= 0.6 is 0 Å². The average molecular weight is 289 g/mol. The molecular weight excluding hydrogens is 270 g/mol. The van der Waals surface area contributed by atoms with E-state index in [9.17, 15) is 14.4 Å². The SMILES string of the molecule is Cc1c(C)c(=O)n(CC(=O)c2cc(C)n(C)c2C)[nH]c1=O. The van der Waals surface area contributed by atoms with E-state index in [1.54, 1.807) is 19.9 Å². The van der Waals surface area contributed by atoms with Crippen molar-refractivity contribution in [3.05, 3.63) is 54.9 Å². The summed E-state index contributed by atoms with van der Waals surface area (Å²) in [5.74, 6) is -0.197. The van der Waals surface area contributed by atoms with Gasteiger partial charge in [-0.15, -0.1) is 0 Å². The molecule has 0 aliphatic carbocycles. The Morgan fingerprint density at radius 1 is 1.14 bits per heavy atom. The number of Topliss-reactive ketones (excluding diaryl/α,β-unsaturated/α-hetero) is 1. The van der Waals surface area contributed by atoms with Crippen molar-refractivity contribution < 1.29 is 4.79 Å². The number of aryl methyl sites for hydroxylation is 1. The maximum absolute atomic E-state index is 12.4. The number of carbonyl (C=O) groups is 1. The highest BCUT2D eigenvalue weighted by molar-refractivity contribution is 5.97. The van der Waals surface area contributed by atoms with E-state index in [-0.39, 0.29) is 23.4 Å². The van der Waals surface area contributed by atoms with E-state index in [1.807, 2.05) is 25.5 Å². The van der Waals surface area contributed by atoms with Gasteiger partial charge in [0, 0.05) is 35.1 Å². The summed E-state index contributed by atoms with van der Waals surface area (Å²) in [5.41, 5.74) is 2.45. The summed E-state index contributed by atoms with van der Waals surface area (Å²) in [7, 11) is 1.88. The molecule has 0 spiro atoms. The molecule has 0 aliphatic heterocycles. The van der Waals surface area contributed by atoms with Gasteiger partial charge in [-0.2, -0.15) is 0 Å². The fourth-order valence-corrected chi connectivity index (χ4v) is 2.27. The van der Waals surface area contributed by atoms with Crippen molar-refractivity contribution >= 4 is 5.78 Å². The first-order valence-corrected chi connectivity index (χ1v) is 6.70. The number of rotatable bonds is 3. The quantitative estimate of drug-likeness (QED) is 0.856. The van der Waals surface area contributed by atoms with Crippen LogP contribution in [0.3, 0.4) is 0 Å². The smallest absolute Gasteiger partial charge is 0.268 e. The van der Waals surface area contributed by atoms with Gasteiger partial charge < -0.3 is 4.57 Å². The average Bonchev–Trinajstić information content (AvgIpc) is 2.70. The second-order valence-corrected chi connectivity index (χ2v) is 5.35. The molecule has 6 nitrogen and oxygen atoms in total. The Morgan fingerprint density at radius 2 is 1.76 bits per heavy atom. The van der Waals surface area contributed by atoms with Crippen molar-refractivity contribution in [2.75, 3.05) is 0 Å². The lowest BCUT2D eigenvalue weighted by Crippen LogP contribution is -2.35. The first-order chi connectivity index (χ1) is 9.73. The highest BCUT2D eigenvalue weighted by atomic mass is 16.2. The molecular formula is C15H19N3O3. The molecule has 0 aromatic carbocycles. The van der Waals surface area contributed by atoms with E-state index in [0.29, 0.717) is 16.7 Å². The fraction of sp³-hybridized carbons (Fsp3) is 0.400. The molecule has 0 saturated carbocycles. The number of aromatic nitrogens is 3. The number of ketones is 1. The fourth-order valence-electron chi connectivity index (χ4n) is 2.27. The highest BCUT2D eigenvalue weighted by Crippen LogP contribution is 2.14. The van der Waals surface area contributed by atoms with Gasteiger partial charge in [0.05, 0.1) is 0 Å². The zero-order valence-corrected chi connectivity index (χ0v) is 12.9. The minimum Gasteiger partial charge on any atom is -0.351 e. The summed E-state index contributed by atoms with van der Waals surface area (Å²) in [6.07, 6.45) is 0. The van der Waals surface area contributed by atoms with Crippen LogP contribution in [-0.4, -0.2) is 20.1 Å². The van der Waals surface area contributed by atoms with Crippen LogP contribution in [0.2, 0.25) is 0 Å². The standard InChI is InChI=1S/C15H19N3O3/c1-8-6-12(11(4)17(8)5)13(19)7-18-15(21)10(3)9(2)14(20)16-18/h6H,7H2,1-5H3,(H,16,20). The molecule has 0 unspecified atom stereocenters. The molecule has 0 saturated heterocycles. The summed E-state index contributed by atoms with van der Waals surface area (Å²) in [6, 6.07) is 1.79. The zero-order valence-electron chi connectivity index (χ0n) is 12.9. The van der Waals surface area contributed by atoms with Crippen molar-refractivity contribution in [2.24, 2.45) is 7.05 Å². The Labute approximate surface area is 122 Å². The van der Waals surface area contributed by atoms with Crippen LogP contribution in [0.15, 0.2) is 15.7 Å². The molecule has 0 amide bonds. The van der Waals surface area contributed by atoms with E-state index in [0.717, 1.165) is 16.1 Å². The lowest BCUT2D eigenvalue weighted by Gasteiger charge is -2.07. The first-order valence-electron chi connectivity index (χ1n) is 6.70. The second-order valence-electron chi connectivity index (χ2n) is 5.35. The monoisotopic (exact) mass is 289 g/mol. The first kappa shape index (κ1) is 15.0. The molecule has 2 heterocycles. The van der Waals surface area contributed by atoms with E-state index < -0.39 is 0 Å². The predicted octanol–water partition coefficient (Wildman–Crippen LogP) is 0.992. The lowest BCUT2D eigenvalue weighted by molar-refractivity contribution is 0.0964. The van der Waals surface area contributed by atoms with Gasteiger partial charge in [0.2, 0.25) is 0 Å². The van der Waals surface area contributed by atoms with Crippen LogP contribution in [0.4, 0.5) is 0 Å². The molecule has 0 fully saturated rings. The van der Waals surface area contributed by atoms with E-state index >= 15 is 0 Å². The topological polar surface area (TPSA) is 76.9 Å². The molecule has 0 atom stereocenters. The molecule has 1 N–H and O–H groups in total. The Kier molecular flexibility index (Phi) is 3.72. The van der Waals surface area contributed by atoms with E-state index in [1.165, 1.54) is 0 Å². The Morgan fingerprint density at radius 3 is 2.29 bits per heavy atom. The van der Waals surface area contributed by atoms with Crippen LogP contribution in [0, 0.1) is 27.7 Å².